The van der Waals surface area contributed by atoms with Gasteiger partial charge in [0.2, 0.25) is 5.89 Å². The third kappa shape index (κ3) is 1.81. The molecule has 2 atom stereocenters. The number of hydrogen-bond donors (Lipinski definition) is 0. The Kier molecular flexibility index (Phi) is 3.10. The summed E-state index contributed by atoms with van der Waals surface area (Å²) in [5, 5.41) is 0. The minimum atomic E-state index is -0.292. The van der Waals surface area contributed by atoms with Gasteiger partial charge in [0.05, 0.1) is 6.20 Å². The van der Waals surface area contributed by atoms with Gasteiger partial charge in [0.25, 0.3) is 0 Å². The minimum absolute atomic E-state index is 0.292. The number of rotatable bonds is 2. The van der Waals surface area contributed by atoms with Crippen LogP contribution in [0.1, 0.15) is 44.9 Å². The summed E-state index contributed by atoms with van der Waals surface area (Å²) in [4.78, 5) is 4.28. The summed E-state index contributed by atoms with van der Waals surface area (Å²) in [7, 11) is 1.77. The van der Waals surface area contributed by atoms with Crippen LogP contribution in [0, 0.1) is 5.92 Å². The monoisotopic (exact) mass is 209 g/mol. The zero-order valence-corrected chi connectivity index (χ0v) is 9.53. The largest absolute Gasteiger partial charge is 0.446 e. The van der Waals surface area contributed by atoms with Gasteiger partial charge in [-0.25, -0.2) is 4.98 Å². The molecule has 0 aliphatic heterocycles. The van der Waals surface area contributed by atoms with Crippen LogP contribution in [-0.2, 0) is 10.3 Å². The molecule has 1 saturated carbocycles. The molecule has 84 valence electrons. The molecule has 0 N–H and O–H groups in total. The second kappa shape index (κ2) is 4.35. The lowest BCUT2D eigenvalue weighted by molar-refractivity contribution is -0.0835. The van der Waals surface area contributed by atoms with E-state index in [1.54, 1.807) is 19.6 Å². The maximum atomic E-state index is 5.76. The minimum Gasteiger partial charge on any atom is -0.446 e. The lowest BCUT2D eigenvalue weighted by Crippen LogP contribution is -2.35. The number of methoxy groups -OCH3 is 1. The molecule has 2 unspecified atom stereocenters. The van der Waals surface area contributed by atoms with Crippen molar-refractivity contribution in [2.45, 2.75) is 44.6 Å². The Hall–Kier alpha value is -0.830. The maximum Gasteiger partial charge on any atom is 0.226 e. The lowest BCUT2D eigenvalue weighted by atomic mass is 9.84. The quantitative estimate of drug-likeness (QED) is 0.702. The summed E-state index contributed by atoms with van der Waals surface area (Å²) in [6.07, 6.45) is 9.31. The molecule has 1 aliphatic carbocycles. The van der Waals surface area contributed by atoms with Crippen molar-refractivity contribution in [1.82, 2.24) is 4.98 Å². The molecular formula is C12H19NO2. The van der Waals surface area contributed by atoms with Crippen LogP contribution in [0.3, 0.4) is 0 Å². The molecule has 1 heterocycles. The van der Waals surface area contributed by atoms with E-state index in [2.05, 4.69) is 11.9 Å². The molecule has 0 amide bonds. The third-order valence-corrected chi connectivity index (χ3v) is 3.64. The van der Waals surface area contributed by atoms with Gasteiger partial charge in [0, 0.05) is 7.11 Å². The maximum absolute atomic E-state index is 5.76. The van der Waals surface area contributed by atoms with Crippen molar-refractivity contribution >= 4 is 0 Å². The lowest BCUT2D eigenvalue weighted by Gasteiger charge is -2.33. The van der Waals surface area contributed by atoms with Gasteiger partial charge >= 0.3 is 0 Å². The predicted molar refractivity (Wildman–Crippen MR) is 57.4 cm³/mol. The molecule has 1 fully saturated rings. The highest BCUT2D eigenvalue weighted by molar-refractivity contribution is 5.02. The fourth-order valence-corrected chi connectivity index (χ4v) is 2.64. The van der Waals surface area contributed by atoms with E-state index < -0.39 is 0 Å². The summed E-state index contributed by atoms with van der Waals surface area (Å²) in [6, 6.07) is 0. The van der Waals surface area contributed by atoms with Gasteiger partial charge in [-0.15, -0.1) is 0 Å². The molecule has 3 heteroatoms. The van der Waals surface area contributed by atoms with Crippen LogP contribution in [0.4, 0.5) is 0 Å². The summed E-state index contributed by atoms with van der Waals surface area (Å²) in [5.41, 5.74) is -0.292. The van der Waals surface area contributed by atoms with Gasteiger partial charge in [-0.2, -0.15) is 0 Å². The second-order valence-electron chi connectivity index (χ2n) is 4.43. The number of hydrogen-bond acceptors (Lipinski definition) is 3. The SMILES string of the molecule is COC1(c2ncco2)CCCCCC1C. The Bertz CT molecular complexity index is 297. The summed E-state index contributed by atoms with van der Waals surface area (Å²) in [6.45, 7) is 2.24. The normalized spacial score (nSPS) is 32.5. The van der Waals surface area contributed by atoms with Gasteiger partial charge in [-0.05, 0) is 18.8 Å². The van der Waals surface area contributed by atoms with E-state index in [0.29, 0.717) is 5.92 Å². The predicted octanol–water partition coefficient (Wildman–Crippen LogP) is 3.12. The van der Waals surface area contributed by atoms with Crippen molar-refractivity contribution < 1.29 is 9.15 Å². The average molecular weight is 209 g/mol. The van der Waals surface area contributed by atoms with Crippen molar-refractivity contribution in [2.75, 3.05) is 7.11 Å². The standard InChI is InChI=1S/C12H19NO2/c1-10-6-4-3-5-7-12(10,14-2)11-13-8-9-15-11/h8-10H,3-7H2,1-2H3. The Balaban J connectivity index is 2.32. The fourth-order valence-electron chi connectivity index (χ4n) is 2.64. The Labute approximate surface area is 90.8 Å². The van der Waals surface area contributed by atoms with Gasteiger partial charge in [0.15, 0.2) is 0 Å². The number of aromatic nitrogens is 1. The number of oxazole rings is 1. The van der Waals surface area contributed by atoms with Crippen LogP contribution < -0.4 is 0 Å². The van der Waals surface area contributed by atoms with Crippen molar-refractivity contribution in [1.29, 1.82) is 0 Å². The van der Waals surface area contributed by atoms with Gasteiger partial charge in [-0.1, -0.05) is 26.2 Å². The highest BCUT2D eigenvalue weighted by Gasteiger charge is 2.42. The molecule has 1 aliphatic rings. The van der Waals surface area contributed by atoms with Crippen molar-refractivity contribution in [2.24, 2.45) is 5.92 Å². The third-order valence-electron chi connectivity index (χ3n) is 3.64. The van der Waals surface area contributed by atoms with E-state index in [4.69, 9.17) is 9.15 Å². The molecule has 1 aromatic rings. The molecule has 0 saturated heterocycles. The van der Waals surface area contributed by atoms with E-state index in [0.717, 1.165) is 12.3 Å². The van der Waals surface area contributed by atoms with Crippen molar-refractivity contribution in [3.8, 4) is 0 Å². The highest BCUT2D eigenvalue weighted by atomic mass is 16.5. The first-order valence-electron chi connectivity index (χ1n) is 5.75. The van der Waals surface area contributed by atoms with Crippen LogP contribution in [0.5, 0.6) is 0 Å². The van der Waals surface area contributed by atoms with Crippen LogP contribution in [0.2, 0.25) is 0 Å². The van der Waals surface area contributed by atoms with E-state index in [1.165, 1.54) is 25.7 Å². The van der Waals surface area contributed by atoms with Gasteiger partial charge in [0.1, 0.15) is 11.9 Å². The van der Waals surface area contributed by atoms with E-state index in [-0.39, 0.29) is 5.60 Å². The van der Waals surface area contributed by atoms with Gasteiger partial charge < -0.3 is 9.15 Å². The molecule has 0 aromatic carbocycles. The van der Waals surface area contributed by atoms with Crippen LogP contribution in [0.15, 0.2) is 16.9 Å². The topological polar surface area (TPSA) is 35.3 Å². The number of ether oxygens (including phenoxy) is 1. The first-order valence-corrected chi connectivity index (χ1v) is 5.75. The molecule has 15 heavy (non-hydrogen) atoms. The highest BCUT2D eigenvalue weighted by Crippen LogP contribution is 2.42. The fraction of sp³-hybridized carbons (Fsp3) is 0.750. The first-order chi connectivity index (χ1) is 7.29. The molecule has 0 radical (unpaired) electrons. The van der Waals surface area contributed by atoms with Crippen molar-refractivity contribution in [3.05, 3.63) is 18.4 Å². The smallest absolute Gasteiger partial charge is 0.226 e. The zero-order chi connectivity index (χ0) is 10.7. The molecule has 3 nitrogen and oxygen atoms in total. The second-order valence-corrected chi connectivity index (χ2v) is 4.43. The summed E-state index contributed by atoms with van der Waals surface area (Å²) < 4.78 is 11.2. The first kappa shape index (κ1) is 10.7. The number of nitrogens with zero attached hydrogens (tertiary/aromatic N) is 1. The summed E-state index contributed by atoms with van der Waals surface area (Å²) in [5.74, 6) is 1.23. The Morgan fingerprint density at radius 1 is 1.47 bits per heavy atom. The van der Waals surface area contributed by atoms with Crippen LogP contribution >= 0.6 is 0 Å². The Morgan fingerprint density at radius 2 is 2.33 bits per heavy atom. The molecule has 0 spiro atoms. The van der Waals surface area contributed by atoms with Crippen LogP contribution in [-0.4, -0.2) is 12.1 Å². The van der Waals surface area contributed by atoms with E-state index >= 15 is 0 Å². The molecule has 0 bridgehead atoms. The summed E-state index contributed by atoms with van der Waals surface area (Å²) >= 11 is 0. The van der Waals surface area contributed by atoms with Gasteiger partial charge in [-0.3, -0.25) is 0 Å². The van der Waals surface area contributed by atoms with E-state index in [9.17, 15) is 0 Å². The average Bonchev–Trinajstić information content (AvgIpc) is 2.71. The molecular weight excluding hydrogens is 190 g/mol. The van der Waals surface area contributed by atoms with E-state index in [1.807, 2.05) is 0 Å². The molecule has 1 aromatic heterocycles. The zero-order valence-electron chi connectivity index (χ0n) is 9.53. The van der Waals surface area contributed by atoms with Crippen LogP contribution in [0.25, 0.3) is 0 Å². The molecule has 2 rings (SSSR count). The Morgan fingerprint density at radius 3 is 3.00 bits per heavy atom. The van der Waals surface area contributed by atoms with Crippen molar-refractivity contribution in [3.63, 3.8) is 0 Å².